The zero-order valence-electron chi connectivity index (χ0n) is 6.68. The van der Waals surface area contributed by atoms with Gasteiger partial charge in [0.25, 0.3) is 0 Å². The predicted molar refractivity (Wildman–Crippen MR) is 40.1 cm³/mol. The molecule has 0 bridgehead atoms. The number of nitrogens with zero attached hydrogens (tertiary/aromatic N) is 1. The second-order valence-electron chi connectivity index (χ2n) is 3.02. The molecule has 0 aliphatic carbocycles. The Balaban J connectivity index is 2.70. The Morgan fingerprint density at radius 3 is 2.11 bits per heavy atom. The molecular formula is C8H15N. The molecule has 0 aromatic heterocycles. The molecule has 1 aliphatic heterocycles. The van der Waals surface area contributed by atoms with Crippen molar-refractivity contribution in [1.29, 1.82) is 0 Å². The molecule has 0 saturated carbocycles. The molecule has 1 heterocycles. The molecule has 0 fully saturated rings. The fraction of sp³-hybridized carbons (Fsp3) is 0.750. The average molecular weight is 125 g/mol. The maximum atomic E-state index is 2.32. The molecule has 0 amide bonds. The van der Waals surface area contributed by atoms with Crippen molar-refractivity contribution in [3.8, 4) is 0 Å². The van der Waals surface area contributed by atoms with Crippen molar-refractivity contribution in [2.45, 2.75) is 26.8 Å². The fourth-order valence-electron chi connectivity index (χ4n) is 1.31. The summed E-state index contributed by atoms with van der Waals surface area (Å²) in [5.74, 6) is 0.731. The Morgan fingerprint density at radius 2 is 2.00 bits per heavy atom. The fourth-order valence-corrected chi connectivity index (χ4v) is 1.31. The van der Waals surface area contributed by atoms with Crippen LogP contribution in [-0.2, 0) is 0 Å². The highest BCUT2D eigenvalue weighted by Crippen LogP contribution is 2.23. The first-order valence-electron chi connectivity index (χ1n) is 3.54. The van der Waals surface area contributed by atoms with Gasteiger partial charge in [-0.15, -0.1) is 0 Å². The molecule has 52 valence electrons. The van der Waals surface area contributed by atoms with Gasteiger partial charge in [0.15, 0.2) is 0 Å². The number of hydrogen-bond acceptors (Lipinski definition) is 1. The van der Waals surface area contributed by atoms with Crippen LogP contribution in [0.2, 0.25) is 0 Å². The van der Waals surface area contributed by atoms with Crippen molar-refractivity contribution >= 4 is 0 Å². The van der Waals surface area contributed by atoms with E-state index in [-0.39, 0.29) is 0 Å². The summed E-state index contributed by atoms with van der Waals surface area (Å²) in [6.45, 7) is 6.69. The highest BCUT2D eigenvalue weighted by molar-refractivity contribution is 5.09. The molecule has 0 aromatic carbocycles. The third kappa shape index (κ3) is 0.958. The zero-order valence-corrected chi connectivity index (χ0v) is 6.68. The van der Waals surface area contributed by atoms with Crippen LogP contribution in [0.3, 0.4) is 0 Å². The van der Waals surface area contributed by atoms with Gasteiger partial charge in [-0.1, -0.05) is 13.0 Å². The van der Waals surface area contributed by atoms with Gasteiger partial charge >= 0.3 is 0 Å². The standard InChI is InChI=1S/C8H15N/c1-6-5-7(2)9(4)8(6)3/h5-6,8H,1-4H3. The molecular weight excluding hydrogens is 110 g/mol. The highest BCUT2D eigenvalue weighted by Gasteiger charge is 2.21. The summed E-state index contributed by atoms with van der Waals surface area (Å²) in [5.41, 5.74) is 1.41. The van der Waals surface area contributed by atoms with Crippen molar-refractivity contribution in [3.05, 3.63) is 11.8 Å². The smallest absolute Gasteiger partial charge is 0.0315 e. The minimum atomic E-state index is 0.699. The first-order chi connectivity index (χ1) is 4.13. The maximum Gasteiger partial charge on any atom is 0.0315 e. The quantitative estimate of drug-likeness (QED) is 0.477. The molecule has 2 unspecified atom stereocenters. The highest BCUT2D eigenvalue weighted by atomic mass is 15.2. The SMILES string of the molecule is CC1=CC(C)C(C)N1C. The van der Waals surface area contributed by atoms with Crippen molar-refractivity contribution in [2.24, 2.45) is 5.92 Å². The molecule has 0 saturated heterocycles. The predicted octanol–water partition coefficient (Wildman–Crippen LogP) is 1.86. The summed E-state index contributed by atoms with van der Waals surface area (Å²) in [4.78, 5) is 2.32. The number of hydrogen-bond donors (Lipinski definition) is 0. The Morgan fingerprint density at radius 1 is 1.44 bits per heavy atom. The van der Waals surface area contributed by atoms with Crippen LogP contribution in [0.1, 0.15) is 20.8 Å². The van der Waals surface area contributed by atoms with Crippen LogP contribution in [-0.4, -0.2) is 18.0 Å². The van der Waals surface area contributed by atoms with E-state index >= 15 is 0 Å². The minimum absolute atomic E-state index is 0.699. The Labute approximate surface area is 57.4 Å². The molecule has 9 heavy (non-hydrogen) atoms. The van der Waals surface area contributed by atoms with Crippen LogP contribution in [0.5, 0.6) is 0 Å². The molecule has 1 aliphatic rings. The van der Waals surface area contributed by atoms with Gasteiger partial charge in [-0.3, -0.25) is 0 Å². The van der Waals surface area contributed by atoms with Gasteiger partial charge in [0.05, 0.1) is 0 Å². The van der Waals surface area contributed by atoms with E-state index in [1.807, 2.05) is 0 Å². The molecule has 2 atom stereocenters. The van der Waals surface area contributed by atoms with Gasteiger partial charge in [0.2, 0.25) is 0 Å². The summed E-state index contributed by atoms with van der Waals surface area (Å²) in [6, 6.07) is 0.699. The number of rotatable bonds is 0. The number of allylic oxidation sites excluding steroid dienone is 1. The van der Waals surface area contributed by atoms with Crippen LogP contribution >= 0.6 is 0 Å². The Bertz CT molecular complexity index is 138. The van der Waals surface area contributed by atoms with E-state index < -0.39 is 0 Å². The summed E-state index contributed by atoms with van der Waals surface area (Å²) < 4.78 is 0. The van der Waals surface area contributed by atoms with Gasteiger partial charge in [-0.05, 0) is 19.8 Å². The lowest BCUT2D eigenvalue weighted by atomic mass is 10.1. The van der Waals surface area contributed by atoms with E-state index in [2.05, 4.69) is 38.8 Å². The van der Waals surface area contributed by atoms with Gasteiger partial charge in [-0.2, -0.15) is 0 Å². The maximum absolute atomic E-state index is 2.32. The Hall–Kier alpha value is -0.460. The first kappa shape index (κ1) is 6.66. The average Bonchev–Trinajstić information content (AvgIpc) is 1.98. The third-order valence-corrected chi connectivity index (χ3v) is 2.43. The molecule has 1 rings (SSSR count). The molecule has 0 spiro atoms. The van der Waals surface area contributed by atoms with Crippen molar-refractivity contribution in [3.63, 3.8) is 0 Å². The summed E-state index contributed by atoms with van der Waals surface area (Å²) in [6.07, 6.45) is 2.32. The van der Waals surface area contributed by atoms with Crippen LogP contribution in [0.15, 0.2) is 11.8 Å². The monoisotopic (exact) mass is 125 g/mol. The van der Waals surface area contributed by atoms with Crippen LogP contribution in [0, 0.1) is 5.92 Å². The molecule has 1 nitrogen and oxygen atoms in total. The largest absolute Gasteiger partial charge is 0.375 e. The third-order valence-electron chi connectivity index (χ3n) is 2.43. The zero-order chi connectivity index (χ0) is 7.02. The van der Waals surface area contributed by atoms with Crippen LogP contribution in [0.4, 0.5) is 0 Å². The molecule has 0 radical (unpaired) electrons. The second kappa shape index (κ2) is 2.05. The lowest BCUT2D eigenvalue weighted by Crippen LogP contribution is -2.25. The molecule has 0 N–H and O–H groups in total. The topological polar surface area (TPSA) is 3.24 Å². The van der Waals surface area contributed by atoms with Gasteiger partial charge in [-0.25, -0.2) is 0 Å². The van der Waals surface area contributed by atoms with Gasteiger partial charge in [0, 0.05) is 18.8 Å². The van der Waals surface area contributed by atoms with Gasteiger partial charge < -0.3 is 4.90 Å². The Kier molecular flexibility index (Phi) is 1.52. The van der Waals surface area contributed by atoms with Gasteiger partial charge in [0.1, 0.15) is 0 Å². The summed E-state index contributed by atoms with van der Waals surface area (Å²) in [5, 5.41) is 0. The van der Waals surface area contributed by atoms with Crippen molar-refractivity contribution in [2.75, 3.05) is 7.05 Å². The molecule has 1 heteroatoms. The summed E-state index contributed by atoms with van der Waals surface area (Å²) >= 11 is 0. The van der Waals surface area contributed by atoms with E-state index in [0.29, 0.717) is 6.04 Å². The van der Waals surface area contributed by atoms with E-state index in [0.717, 1.165) is 5.92 Å². The van der Waals surface area contributed by atoms with Crippen LogP contribution < -0.4 is 0 Å². The van der Waals surface area contributed by atoms with E-state index in [4.69, 9.17) is 0 Å². The minimum Gasteiger partial charge on any atom is -0.375 e. The van der Waals surface area contributed by atoms with Crippen molar-refractivity contribution < 1.29 is 0 Å². The second-order valence-corrected chi connectivity index (χ2v) is 3.02. The van der Waals surface area contributed by atoms with E-state index in [1.165, 1.54) is 5.70 Å². The molecule has 0 aromatic rings. The van der Waals surface area contributed by atoms with Crippen LogP contribution in [0.25, 0.3) is 0 Å². The summed E-state index contributed by atoms with van der Waals surface area (Å²) in [7, 11) is 2.15. The lowest BCUT2D eigenvalue weighted by molar-refractivity contribution is 0.314. The van der Waals surface area contributed by atoms with Crippen molar-refractivity contribution in [1.82, 2.24) is 4.90 Å². The van der Waals surface area contributed by atoms with E-state index in [1.54, 1.807) is 0 Å². The van der Waals surface area contributed by atoms with E-state index in [9.17, 15) is 0 Å². The lowest BCUT2D eigenvalue weighted by Gasteiger charge is -2.22. The first-order valence-corrected chi connectivity index (χ1v) is 3.54. The normalized spacial score (nSPS) is 35.1.